The molecule has 2 nitrogen and oxygen atoms in total. The van der Waals surface area contributed by atoms with Gasteiger partial charge in [-0.1, -0.05) is 50.6 Å². The fourth-order valence-corrected chi connectivity index (χ4v) is 3.81. The van der Waals surface area contributed by atoms with Crippen LogP contribution in [0.15, 0.2) is 24.3 Å². The second kappa shape index (κ2) is 6.50. The Labute approximate surface area is 130 Å². The highest BCUT2D eigenvalue weighted by molar-refractivity contribution is 5.24. The van der Waals surface area contributed by atoms with Crippen molar-refractivity contribution in [2.75, 3.05) is 0 Å². The minimum Gasteiger partial charge on any atom is -0.373 e. The lowest BCUT2D eigenvalue weighted by Crippen LogP contribution is -2.37. The molecule has 1 aliphatic carbocycles. The maximum absolute atomic E-state index is 6.38. The third-order valence-electron chi connectivity index (χ3n) is 4.72. The first kappa shape index (κ1) is 16.5. The molecule has 0 amide bonds. The molecule has 0 aliphatic heterocycles. The molecule has 1 aromatic carbocycles. The van der Waals surface area contributed by atoms with E-state index in [0.29, 0.717) is 11.5 Å². The van der Waals surface area contributed by atoms with Gasteiger partial charge >= 0.3 is 0 Å². The summed E-state index contributed by atoms with van der Waals surface area (Å²) in [5.41, 5.74) is 9.20. The van der Waals surface area contributed by atoms with Crippen LogP contribution in [-0.4, -0.2) is 12.2 Å². The van der Waals surface area contributed by atoms with Crippen LogP contribution in [0.5, 0.6) is 0 Å². The van der Waals surface area contributed by atoms with Crippen LogP contribution in [0, 0.1) is 18.3 Å². The van der Waals surface area contributed by atoms with Crippen LogP contribution >= 0.6 is 0 Å². The van der Waals surface area contributed by atoms with Crippen LogP contribution in [0.25, 0.3) is 0 Å². The number of nitrogens with two attached hydrogens (primary N) is 1. The van der Waals surface area contributed by atoms with Crippen molar-refractivity contribution in [1.82, 2.24) is 0 Å². The zero-order valence-electron chi connectivity index (χ0n) is 14.2. The molecule has 4 unspecified atom stereocenters. The molecule has 0 radical (unpaired) electrons. The van der Waals surface area contributed by atoms with Gasteiger partial charge in [-0.25, -0.2) is 0 Å². The number of hydrogen-bond acceptors (Lipinski definition) is 2. The van der Waals surface area contributed by atoms with Gasteiger partial charge in [-0.3, -0.25) is 0 Å². The third-order valence-corrected chi connectivity index (χ3v) is 4.72. The summed E-state index contributed by atoms with van der Waals surface area (Å²) in [6.07, 6.45) is 4.00. The van der Waals surface area contributed by atoms with Crippen LogP contribution in [0.2, 0.25) is 0 Å². The molecule has 2 heteroatoms. The standard InChI is InChI=1S/C19H31NO/c1-13-6-8-16(9-7-13)18(20)15(3)21-17-10-14(2)11-19(4,5)12-17/h6-9,14-15,17-18H,10-12,20H2,1-5H3. The summed E-state index contributed by atoms with van der Waals surface area (Å²) in [7, 11) is 0. The van der Waals surface area contributed by atoms with Gasteiger partial charge in [0.1, 0.15) is 0 Å². The van der Waals surface area contributed by atoms with Crippen LogP contribution in [0.3, 0.4) is 0 Å². The summed E-state index contributed by atoms with van der Waals surface area (Å²) >= 11 is 0. The van der Waals surface area contributed by atoms with Gasteiger partial charge in [0.2, 0.25) is 0 Å². The van der Waals surface area contributed by atoms with E-state index in [9.17, 15) is 0 Å². The molecule has 0 bridgehead atoms. The van der Waals surface area contributed by atoms with Crippen molar-refractivity contribution in [2.45, 2.75) is 72.1 Å². The van der Waals surface area contributed by atoms with Crippen LogP contribution in [0.1, 0.15) is 64.1 Å². The van der Waals surface area contributed by atoms with Gasteiger partial charge in [0.25, 0.3) is 0 Å². The Kier molecular flexibility index (Phi) is 5.11. The van der Waals surface area contributed by atoms with Crippen molar-refractivity contribution in [2.24, 2.45) is 17.1 Å². The first-order valence-corrected chi connectivity index (χ1v) is 8.24. The van der Waals surface area contributed by atoms with E-state index in [-0.39, 0.29) is 12.1 Å². The van der Waals surface area contributed by atoms with E-state index in [1.54, 1.807) is 0 Å². The monoisotopic (exact) mass is 289 g/mol. The fraction of sp³-hybridized carbons (Fsp3) is 0.684. The SMILES string of the molecule is Cc1ccc(C(N)C(C)OC2CC(C)CC(C)(C)C2)cc1. The zero-order chi connectivity index (χ0) is 15.6. The van der Waals surface area contributed by atoms with E-state index in [4.69, 9.17) is 10.5 Å². The quantitative estimate of drug-likeness (QED) is 0.878. The molecule has 0 spiro atoms. The molecular weight excluding hydrogens is 258 g/mol. The molecule has 1 aromatic rings. The number of ether oxygens (including phenoxy) is 1. The van der Waals surface area contributed by atoms with Crippen molar-refractivity contribution in [1.29, 1.82) is 0 Å². The van der Waals surface area contributed by atoms with E-state index in [1.165, 1.54) is 12.0 Å². The highest BCUT2D eigenvalue weighted by Crippen LogP contribution is 2.40. The molecule has 2 rings (SSSR count). The van der Waals surface area contributed by atoms with Crippen LogP contribution < -0.4 is 5.73 Å². The average molecular weight is 289 g/mol. The molecular formula is C19H31NO. The molecule has 1 aliphatic rings. The third kappa shape index (κ3) is 4.55. The lowest BCUT2D eigenvalue weighted by molar-refractivity contribution is -0.0670. The number of rotatable bonds is 4. The summed E-state index contributed by atoms with van der Waals surface area (Å²) in [6.45, 7) is 11.2. The normalized spacial score (nSPS) is 28.1. The Morgan fingerprint density at radius 2 is 1.81 bits per heavy atom. The predicted molar refractivity (Wildman–Crippen MR) is 89.2 cm³/mol. The lowest BCUT2D eigenvalue weighted by atomic mass is 9.71. The first-order valence-electron chi connectivity index (χ1n) is 8.24. The summed E-state index contributed by atoms with van der Waals surface area (Å²) in [5.74, 6) is 0.738. The minimum absolute atomic E-state index is 0.0501. The van der Waals surface area contributed by atoms with Crippen LogP contribution in [0.4, 0.5) is 0 Å². The second-order valence-corrected chi connectivity index (χ2v) is 7.81. The second-order valence-electron chi connectivity index (χ2n) is 7.81. The van der Waals surface area contributed by atoms with E-state index in [1.807, 2.05) is 0 Å². The van der Waals surface area contributed by atoms with Crippen molar-refractivity contribution >= 4 is 0 Å². The summed E-state index contributed by atoms with van der Waals surface area (Å²) in [4.78, 5) is 0. The topological polar surface area (TPSA) is 35.2 Å². The van der Waals surface area contributed by atoms with Gasteiger partial charge in [0, 0.05) is 0 Å². The highest BCUT2D eigenvalue weighted by Gasteiger charge is 2.34. The number of hydrogen-bond donors (Lipinski definition) is 1. The highest BCUT2D eigenvalue weighted by atomic mass is 16.5. The fourth-order valence-electron chi connectivity index (χ4n) is 3.81. The van der Waals surface area contributed by atoms with E-state index in [0.717, 1.165) is 24.3 Å². The van der Waals surface area contributed by atoms with Crippen LogP contribution in [-0.2, 0) is 4.74 Å². The summed E-state index contributed by atoms with van der Waals surface area (Å²) in [6, 6.07) is 8.42. The molecule has 0 heterocycles. The molecule has 0 aromatic heterocycles. The van der Waals surface area contributed by atoms with Crippen molar-refractivity contribution in [3.63, 3.8) is 0 Å². The van der Waals surface area contributed by atoms with Gasteiger partial charge < -0.3 is 10.5 Å². The zero-order valence-corrected chi connectivity index (χ0v) is 14.2. The summed E-state index contributed by atoms with van der Waals surface area (Å²) in [5, 5.41) is 0. The smallest absolute Gasteiger partial charge is 0.0743 e. The van der Waals surface area contributed by atoms with Gasteiger partial charge in [0.15, 0.2) is 0 Å². The van der Waals surface area contributed by atoms with Gasteiger partial charge in [0.05, 0.1) is 18.2 Å². The molecule has 118 valence electrons. The maximum atomic E-state index is 6.38. The molecule has 1 fully saturated rings. The summed E-state index contributed by atoms with van der Waals surface area (Å²) < 4.78 is 6.32. The molecule has 4 atom stereocenters. The van der Waals surface area contributed by atoms with E-state index in [2.05, 4.69) is 58.9 Å². The first-order chi connectivity index (χ1) is 9.77. The Bertz CT molecular complexity index is 451. The Balaban J connectivity index is 1.97. The van der Waals surface area contributed by atoms with Gasteiger partial charge in [-0.05, 0) is 50.0 Å². The minimum atomic E-state index is -0.0501. The lowest BCUT2D eigenvalue weighted by Gasteiger charge is -2.40. The van der Waals surface area contributed by atoms with Crippen molar-refractivity contribution in [3.8, 4) is 0 Å². The van der Waals surface area contributed by atoms with Gasteiger partial charge in [-0.2, -0.15) is 0 Å². The molecule has 2 N–H and O–H groups in total. The Hall–Kier alpha value is -0.860. The number of benzene rings is 1. The van der Waals surface area contributed by atoms with E-state index >= 15 is 0 Å². The van der Waals surface area contributed by atoms with Crippen molar-refractivity contribution in [3.05, 3.63) is 35.4 Å². The average Bonchev–Trinajstić information content (AvgIpc) is 2.36. The van der Waals surface area contributed by atoms with E-state index < -0.39 is 0 Å². The molecule has 0 saturated heterocycles. The number of aryl methyl sites for hydroxylation is 1. The Morgan fingerprint density at radius 3 is 2.38 bits per heavy atom. The predicted octanol–water partition coefficient (Wildman–Crippen LogP) is 4.61. The largest absolute Gasteiger partial charge is 0.373 e. The maximum Gasteiger partial charge on any atom is 0.0743 e. The Morgan fingerprint density at radius 1 is 1.19 bits per heavy atom. The molecule has 21 heavy (non-hydrogen) atoms. The van der Waals surface area contributed by atoms with Crippen molar-refractivity contribution < 1.29 is 4.74 Å². The van der Waals surface area contributed by atoms with Gasteiger partial charge in [-0.15, -0.1) is 0 Å². The molecule has 1 saturated carbocycles.